The molecule has 0 saturated carbocycles. The Hall–Kier alpha value is -2.54. The maximum Gasteiger partial charge on any atom is 0.242 e. The van der Waals surface area contributed by atoms with Gasteiger partial charge in [0.25, 0.3) is 0 Å². The maximum atomic E-state index is 11.9. The third kappa shape index (κ3) is 3.56. The molecule has 0 spiro atoms. The summed E-state index contributed by atoms with van der Waals surface area (Å²) in [6, 6.07) is 9.60. The maximum absolute atomic E-state index is 11.9. The highest BCUT2D eigenvalue weighted by Crippen LogP contribution is 2.13. The fourth-order valence-electron chi connectivity index (χ4n) is 1.97. The van der Waals surface area contributed by atoms with Gasteiger partial charge in [-0.1, -0.05) is 12.1 Å². The number of benzene rings is 1. The Labute approximate surface area is 135 Å². The number of aromatic nitrogens is 3. The molecule has 0 atom stereocenters. The van der Waals surface area contributed by atoms with Crippen molar-refractivity contribution in [3.63, 3.8) is 0 Å². The van der Waals surface area contributed by atoms with Crippen LogP contribution in [0.1, 0.15) is 5.56 Å². The zero-order valence-corrected chi connectivity index (χ0v) is 13.0. The van der Waals surface area contributed by atoms with Crippen molar-refractivity contribution in [2.75, 3.05) is 5.43 Å². The summed E-state index contributed by atoms with van der Waals surface area (Å²) in [5.41, 5.74) is 7.07. The van der Waals surface area contributed by atoms with E-state index < -0.39 is 0 Å². The normalized spacial score (nSPS) is 10.4. The van der Waals surface area contributed by atoms with Gasteiger partial charge in [0.2, 0.25) is 11.9 Å². The van der Waals surface area contributed by atoms with Crippen LogP contribution in [0, 0.1) is 0 Å². The summed E-state index contributed by atoms with van der Waals surface area (Å²) in [4.78, 5) is 24.2. The Morgan fingerprint density at radius 1 is 1.14 bits per heavy atom. The third-order valence-electron chi connectivity index (χ3n) is 2.97. The minimum Gasteiger partial charge on any atom is -0.273 e. The van der Waals surface area contributed by atoms with Gasteiger partial charge in [0.05, 0.1) is 16.4 Å². The molecule has 0 radical (unpaired) electrons. The molecule has 110 valence electrons. The van der Waals surface area contributed by atoms with Crippen LogP contribution in [0.2, 0.25) is 0 Å². The SMILES string of the molecule is O=C(Cc1ccc2ncccc2c1)NNc1ncc(Br)cn1. The van der Waals surface area contributed by atoms with E-state index >= 15 is 0 Å². The van der Waals surface area contributed by atoms with Gasteiger partial charge in [-0.05, 0) is 39.7 Å². The Morgan fingerprint density at radius 3 is 2.77 bits per heavy atom. The number of anilines is 1. The molecular weight excluding hydrogens is 346 g/mol. The fraction of sp³-hybridized carbons (Fsp3) is 0.0667. The first kappa shape index (κ1) is 14.4. The van der Waals surface area contributed by atoms with Crippen molar-refractivity contribution < 1.29 is 4.79 Å². The standard InChI is InChI=1S/C15H12BrN5O/c16-12-8-18-15(19-9-12)21-20-14(22)7-10-3-4-13-11(6-10)2-1-5-17-13/h1-6,8-9H,7H2,(H,20,22)(H,18,19,21). The van der Waals surface area contributed by atoms with Crippen LogP contribution in [-0.4, -0.2) is 20.9 Å². The molecule has 0 bridgehead atoms. The number of pyridine rings is 1. The molecule has 2 N–H and O–H groups in total. The predicted octanol–water partition coefficient (Wildman–Crippen LogP) is 2.47. The van der Waals surface area contributed by atoms with Crippen molar-refractivity contribution in [1.29, 1.82) is 0 Å². The van der Waals surface area contributed by atoms with Gasteiger partial charge in [0.15, 0.2) is 0 Å². The van der Waals surface area contributed by atoms with Gasteiger partial charge in [-0.2, -0.15) is 0 Å². The lowest BCUT2D eigenvalue weighted by molar-refractivity contribution is -0.119. The molecule has 0 saturated heterocycles. The van der Waals surface area contributed by atoms with Crippen molar-refractivity contribution in [3.8, 4) is 0 Å². The number of rotatable bonds is 4. The number of hydrogen-bond acceptors (Lipinski definition) is 5. The first-order chi connectivity index (χ1) is 10.7. The molecule has 1 aromatic carbocycles. The van der Waals surface area contributed by atoms with Gasteiger partial charge in [-0.25, -0.2) is 9.97 Å². The molecule has 0 aliphatic rings. The van der Waals surface area contributed by atoms with Crippen LogP contribution in [0.25, 0.3) is 10.9 Å². The van der Waals surface area contributed by atoms with Gasteiger partial charge in [0, 0.05) is 24.0 Å². The number of carbonyl (C=O) groups excluding carboxylic acids is 1. The topological polar surface area (TPSA) is 79.8 Å². The lowest BCUT2D eigenvalue weighted by Gasteiger charge is -2.07. The van der Waals surface area contributed by atoms with E-state index in [1.165, 1.54) is 0 Å². The van der Waals surface area contributed by atoms with Gasteiger partial charge in [-0.3, -0.25) is 20.6 Å². The van der Waals surface area contributed by atoms with E-state index in [0.717, 1.165) is 20.9 Å². The number of nitrogens with one attached hydrogen (secondary N) is 2. The Balaban J connectivity index is 1.61. The summed E-state index contributed by atoms with van der Waals surface area (Å²) in [6.07, 6.45) is 5.20. The quantitative estimate of drug-likeness (QED) is 0.701. The smallest absolute Gasteiger partial charge is 0.242 e. The van der Waals surface area contributed by atoms with Crippen molar-refractivity contribution in [2.24, 2.45) is 0 Å². The second-order valence-corrected chi connectivity index (χ2v) is 5.52. The number of fused-ring (bicyclic) bond motifs is 1. The highest BCUT2D eigenvalue weighted by Gasteiger charge is 2.05. The number of hydrazine groups is 1. The molecule has 6 nitrogen and oxygen atoms in total. The molecule has 1 amide bonds. The van der Waals surface area contributed by atoms with Crippen LogP contribution in [0.15, 0.2) is 53.4 Å². The van der Waals surface area contributed by atoms with E-state index in [9.17, 15) is 4.79 Å². The Kier molecular flexibility index (Phi) is 4.24. The first-order valence-electron chi connectivity index (χ1n) is 6.57. The van der Waals surface area contributed by atoms with Gasteiger partial charge in [-0.15, -0.1) is 0 Å². The van der Waals surface area contributed by atoms with Crippen LogP contribution in [0.5, 0.6) is 0 Å². The lowest BCUT2D eigenvalue weighted by Crippen LogP contribution is -2.31. The predicted molar refractivity (Wildman–Crippen MR) is 86.9 cm³/mol. The molecule has 22 heavy (non-hydrogen) atoms. The van der Waals surface area contributed by atoms with Crippen LogP contribution < -0.4 is 10.9 Å². The summed E-state index contributed by atoms with van der Waals surface area (Å²) in [5.74, 6) is 0.161. The molecule has 0 aliphatic carbocycles. The molecule has 0 fully saturated rings. The minimum absolute atomic E-state index is 0.172. The van der Waals surface area contributed by atoms with Gasteiger partial charge < -0.3 is 0 Å². The van der Waals surface area contributed by atoms with E-state index in [1.54, 1.807) is 18.6 Å². The number of amides is 1. The summed E-state index contributed by atoms with van der Waals surface area (Å²) in [5, 5.41) is 1.01. The van der Waals surface area contributed by atoms with Gasteiger partial charge in [0.1, 0.15) is 0 Å². The van der Waals surface area contributed by atoms with Crippen molar-refractivity contribution in [3.05, 3.63) is 59.0 Å². The molecule has 3 rings (SSSR count). The molecule has 0 aliphatic heterocycles. The van der Waals surface area contributed by atoms with Crippen LogP contribution >= 0.6 is 15.9 Å². The zero-order chi connectivity index (χ0) is 15.4. The van der Waals surface area contributed by atoms with E-state index in [0.29, 0.717) is 5.95 Å². The average Bonchev–Trinajstić information content (AvgIpc) is 2.54. The lowest BCUT2D eigenvalue weighted by atomic mass is 10.1. The Morgan fingerprint density at radius 2 is 1.95 bits per heavy atom. The molecule has 0 unspecified atom stereocenters. The number of hydrogen-bond donors (Lipinski definition) is 2. The molecular formula is C15H12BrN5O. The minimum atomic E-state index is -0.172. The van der Waals surface area contributed by atoms with E-state index in [1.807, 2.05) is 30.3 Å². The third-order valence-corrected chi connectivity index (χ3v) is 3.38. The highest BCUT2D eigenvalue weighted by atomic mass is 79.9. The summed E-state index contributed by atoms with van der Waals surface area (Å²) in [7, 11) is 0. The van der Waals surface area contributed by atoms with E-state index in [4.69, 9.17) is 0 Å². The summed E-state index contributed by atoms with van der Waals surface area (Å²) >= 11 is 3.24. The van der Waals surface area contributed by atoms with E-state index in [2.05, 4.69) is 41.7 Å². The zero-order valence-electron chi connectivity index (χ0n) is 11.5. The van der Waals surface area contributed by atoms with Crippen molar-refractivity contribution in [2.45, 2.75) is 6.42 Å². The van der Waals surface area contributed by atoms with Gasteiger partial charge >= 0.3 is 0 Å². The summed E-state index contributed by atoms with van der Waals surface area (Å²) < 4.78 is 0.772. The molecule has 3 aromatic rings. The molecule has 2 heterocycles. The summed E-state index contributed by atoms with van der Waals surface area (Å²) in [6.45, 7) is 0. The fourth-order valence-corrected chi connectivity index (χ4v) is 2.17. The molecule has 2 aromatic heterocycles. The van der Waals surface area contributed by atoms with Crippen LogP contribution in [0.3, 0.4) is 0 Å². The van der Waals surface area contributed by atoms with E-state index in [-0.39, 0.29) is 12.3 Å². The number of carbonyl (C=O) groups is 1. The monoisotopic (exact) mass is 357 g/mol. The van der Waals surface area contributed by atoms with Crippen LogP contribution in [-0.2, 0) is 11.2 Å². The highest BCUT2D eigenvalue weighted by molar-refractivity contribution is 9.10. The largest absolute Gasteiger partial charge is 0.273 e. The Bertz CT molecular complexity index is 806. The van der Waals surface area contributed by atoms with Crippen molar-refractivity contribution in [1.82, 2.24) is 20.4 Å². The second kappa shape index (κ2) is 6.48. The van der Waals surface area contributed by atoms with Crippen molar-refractivity contribution >= 4 is 38.7 Å². The van der Waals surface area contributed by atoms with Crippen LogP contribution in [0.4, 0.5) is 5.95 Å². The first-order valence-corrected chi connectivity index (χ1v) is 7.36. The average molecular weight is 358 g/mol. The second-order valence-electron chi connectivity index (χ2n) is 4.61. The number of nitrogens with zero attached hydrogens (tertiary/aromatic N) is 3. The molecule has 7 heteroatoms. The number of halogens is 1.